The summed E-state index contributed by atoms with van der Waals surface area (Å²) in [6.45, 7) is 5.52. The van der Waals surface area contributed by atoms with Crippen LogP contribution in [0.25, 0.3) is 11.5 Å². The number of aromatic nitrogens is 2. The minimum absolute atomic E-state index is 0.539. The van der Waals surface area contributed by atoms with Crippen molar-refractivity contribution in [1.29, 1.82) is 0 Å². The molecule has 3 aromatic rings. The third-order valence-electron chi connectivity index (χ3n) is 4.14. The Morgan fingerprint density at radius 3 is 2.31 bits per heavy atom. The topological polar surface area (TPSA) is 51.4 Å². The summed E-state index contributed by atoms with van der Waals surface area (Å²) in [6, 6.07) is 12.1. The Hall–Kier alpha value is -2.18. The molecule has 5 nitrogen and oxygen atoms in total. The van der Waals surface area contributed by atoms with E-state index in [-0.39, 0.29) is 0 Å². The predicted molar refractivity (Wildman–Crippen MR) is 105 cm³/mol. The molecule has 1 heterocycles. The van der Waals surface area contributed by atoms with Crippen LogP contribution in [-0.2, 0) is 13.1 Å². The molecule has 6 heteroatoms. The first-order valence-corrected chi connectivity index (χ1v) is 9.16. The zero-order chi connectivity index (χ0) is 18.7. The van der Waals surface area contributed by atoms with Crippen molar-refractivity contribution in [1.82, 2.24) is 15.1 Å². The van der Waals surface area contributed by atoms with E-state index >= 15 is 0 Å². The van der Waals surface area contributed by atoms with Crippen molar-refractivity contribution in [2.45, 2.75) is 26.9 Å². The fourth-order valence-corrected chi connectivity index (χ4v) is 3.34. The lowest BCUT2D eigenvalue weighted by atomic mass is 10.1. The van der Waals surface area contributed by atoms with Gasteiger partial charge in [-0.05, 0) is 61.9 Å². The largest absolute Gasteiger partial charge is 0.496 e. The highest BCUT2D eigenvalue weighted by Gasteiger charge is 2.12. The van der Waals surface area contributed by atoms with Crippen LogP contribution >= 0.6 is 15.9 Å². The molecule has 0 aliphatic rings. The van der Waals surface area contributed by atoms with Crippen molar-refractivity contribution in [3.63, 3.8) is 0 Å². The van der Waals surface area contributed by atoms with Crippen LogP contribution in [0.3, 0.4) is 0 Å². The molecular weight excluding hydrogens is 394 g/mol. The number of nitrogens with zero attached hydrogens (tertiary/aromatic N) is 3. The second kappa shape index (κ2) is 8.01. The first-order chi connectivity index (χ1) is 12.5. The van der Waals surface area contributed by atoms with E-state index < -0.39 is 0 Å². The second-order valence-electron chi connectivity index (χ2n) is 6.44. The van der Waals surface area contributed by atoms with E-state index in [0.717, 1.165) is 33.5 Å². The summed E-state index contributed by atoms with van der Waals surface area (Å²) in [7, 11) is 3.75. The van der Waals surface area contributed by atoms with Crippen LogP contribution in [-0.4, -0.2) is 29.3 Å². The van der Waals surface area contributed by atoms with E-state index in [2.05, 4.69) is 57.0 Å². The molecule has 0 atom stereocenters. The molecule has 1 aromatic heterocycles. The lowest BCUT2D eigenvalue weighted by molar-refractivity contribution is 0.282. The molecule has 0 N–H and O–H groups in total. The van der Waals surface area contributed by atoms with Crippen molar-refractivity contribution in [2.24, 2.45) is 0 Å². The Kier molecular flexibility index (Phi) is 5.74. The molecule has 26 heavy (non-hydrogen) atoms. The minimum atomic E-state index is 0.539. The molecule has 0 bridgehead atoms. The third-order valence-corrected chi connectivity index (χ3v) is 4.67. The van der Waals surface area contributed by atoms with Gasteiger partial charge in [-0.1, -0.05) is 28.1 Å². The first-order valence-electron chi connectivity index (χ1n) is 8.37. The van der Waals surface area contributed by atoms with Gasteiger partial charge in [-0.3, -0.25) is 4.90 Å². The molecule has 136 valence electrons. The predicted octanol–water partition coefficient (Wildman–Crippen LogP) is 4.76. The van der Waals surface area contributed by atoms with Crippen LogP contribution in [0.2, 0.25) is 0 Å². The fraction of sp³-hybridized carbons (Fsp3) is 0.300. The lowest BCUT2D eigenvalue weighted by Crippen LogP contribution is -2.17. The Morgan fingerprint density at radius 2 is 1.69 bits per heavy atom. The van der Waals surface area contributed by atoms with Gasteiger partial charge in [0.2, 0.25) is 11.8 Å². The number of hydrogen-bond acceptors (Lipinski definition) is 5. The van der Waals surface area contributed by atoms with E-state index in [1.54, 1.807) is 7.11 Å². The van der Waals surface area contributed by atoms with Crippen LogP contribution in [0, 0.1) is 13.8 Å². The van der Waals surface area contributed by atoms with E-state index in [4.69, 9.17) is 9.15 Å². The molecule has 0 amide bonds. The number of halogens is 1. The Balaban J connectivity index is 1.67. The zero-order valence-electron chi connectivity index (χ0n) is 15.4. The average Bonchev–Trinajstić information content (AvgIpc) is 3.03. The van der Waals surface area contributed by atoms with E-state index in [0.29, 0.717) is 18.3 Å². The van der Waals surface area contributed by atoms with Gasteiger partial charge in [0.05, 0.1) is 13.7 Å². The molecule has 0 radical (unpaired) electrons. The van der Waals surface area contributed by atoms with Gasteiger partial charge in [-0.15, -0.1) is 10.2 Å². The summed E-state index contributed by atoms with van der Waals surface area (Å²) < 4.78 is 12.3. The highest BCUT2D eigenvalue weighted by molar-refractivity contribution is 9.10. The number of rotatable bonds is 6. The van der Waals surface area contributed by atoms with E-state index in [9.17, 15) is 0 Å². The van der Waals surface area contributed by atoms with Crippen molar-refractivity contribution in [3.8, 4) is 17.2 Å². The summed E-state index contributed by atoms with van der Waals surface area (Å²) in [6.07, 6.45) is 0. The van der Waals surface area contributed by atoms with Crippen LogP contribution in [0.4, 0.5) is 0 Å². The van der Waals surface area contributed by atoms with Crippen LogP contribution in [0.15, 0.2) is 45.3 Å². The molecule has 0 spiro atoms. The lowest BCUT2D eigenvalue weighted by Gasteiger charge is -2.17. The number of hydrogen-bond donors (Lipinski definition) is 0. The molecule has 0 aliphatic heterocycles. The highest BCUT2D eigenvalue weighted by atomic mass is 79.9. The van der Waals surface area contributed by atoms with Gasteiger partial charge in [0.15, 0.2) is 0 Å². The third kappa shape index (κ3) is 4.31. The van der Waals surface area contributed by atoms with Crippen LogP contribution < -0.4 is 4.74 Å². The number of methoxy groups -OCH3 is 1. The van der Waals surface area contributed by atoms with E-state index in [1.807, 2.05) is 31.3 Å². The average molecular weight is 416 g/mol. The standard InChI is InChI=1S/C20H22BrN3O2/c1-13-9-15(10-14(2)19(13)25-4)11-24(3)12-18-22-23-20(26-18)16-5-7-17(21)8-6-16/h5-10H,11-12H2,1-4H3. The van der Waals surface area contributed by atoms with Gasteiger partial charge in [0.1, 0.15) is 5.75 Å². The summed E-state index contributed by atoms with van der Waals surface area (Å²) in [5, 5.41) is 8.32. The first kappa shape index (κ1) is 18.6. The molecule has 0 aliphatic carbocycles. The molecule has 0 saturated carbocycles. The summed E-state index contributed by atoms with van der Waals surface area (Å²) in [4.78, 5) is 2.15. The fourth-order valence-electron chi connectivity index (χ4n) is 3.08. The van der Waals surface area contributed by atoms with Crippen molar-refractivity contribution in [3.05, 3.63) is 63.5 Å². The number of ether oxygens (including phenoxy) is 1. The maximum Gasteiger partial charge on any atom is 0.247 e. The Morgan fingerprint density at radius 1 is 1.04 bits per heavy atom. The maximum absolute atomic E-state index is 5.80. The second-order valence-corrected chi connectivity index (χ2v) is 7.36. The Labute approximate surface area is 162 Å². The molecular formula is C20H22BrN3O2. The van der Waals surface area contributed by atoms with Gasteiger partial charge in [-0.25, -0.2) is 0 Å². The van der Waals surface area contributed by atoms with Gasteiger partial charge >= 0.3 is 0 Å². The SMILES string of the molecule is COc1c(C)cc(CN(C)Cc2nnc(-c3ccc(Br)cc3)o2)cc1C. The van der Waals surface area contributed by atoms with E-state index in [1.165, 1.54) is 5.56 Å². The van der Waals surface area contributed by atoms with Crippen molar-refractivity contribution < 1.29 is 9.15 Å². The van der Waals surface area contributed by atoms with Gasteiger partial charge < -0.3 is 9.15 Å². The summed E-state index contributed by atoms with van der Waals surface area (Å²) in [5.74, 6) is 2.09. The van der Waals surface area contributed by atoms with Crippen molar-refractivity contribution in [2.75, 3.05) is 14.2 Å². The molecule has 3 rings (SSSR count). The molecule has 0 unspecified atom stereocenters. The van der Waals surface area contributed by atoms with Crippen molar-refractivity contribution >= 4 is 15.9 Å². The maximum atomic E-state index is 5.80. The monoisotopic (exact) mass is 415 g/mol. The van der Waals surface area contributed by atoms with Gasteiger partial charge in [0.25, 0.3) is 0 Å². The van der Waals surface area contributed by atoms with Crippen LogP contribution in [0.5, 0.6) is 5.75 Å². The number of aryl methyl sites for hydroxylation is 2. The Bertz CT molecular complexity index is 867. The summed E-state index contributed by atoms with van der Waals surface area (Å²) >= 11 is 3.43. The quantitative estimate of drug-likeness (QED) is 0.580. The van der Waals surface area contributed by atoms with Gasteiger partial charge in [-0.2, -0.15) is 0 Å². The van der Waals surface area contributed by atoms with Gasteiger partial charge in [0, 0.05) is 16.6 Å². The molecule has 0 saturated heterocycles. The zero-order valence-corrected chi connectivity index (χ0v) is 17.0. The highest BCUT2D eigenvalue weighted by Crippen LogP contribution is 2.25. The number of benzene rings is 2. The smallest absolute Gasteiger partial charge is 0.247 e. The minimum Gasteiger partial charge on any atom is -0.496 e. The molecule has 0 fully saturated rings. The normalized spacial score (nSPS) is 11.2. The summed E-state index contributed by atoms with van der Waals surface area (Å²) in [5.41, 5.74) is 4.43. The molecule has 2 aromatic carbocycles. The van der Waals surface area contributed by atoms with Crippen LogP contribution in [0.1, 0.15) is 22.6 Å².